The Hall–Kier alpha value is -2.87. The monoisotopic (exact) mass is 390 g/mol. The van der Waals surface area contributed by atoms with Crippen LogP contribution >= 0.6 is 11.3 Å². The number of rotatable bonds is 4. The van der Waals surface area contributed by atoms with Crippen molar-refractivity contribution in [3.8, 4) is 0 Å². The maximum absolute atomic E-state index is 14.2. The van der Waals surface area contributed by atoms with Crippen LogP contribution in [0.1, 0.15) is 35.3 Å². The van der Waals surface area contributed by atoms with E-state index in [1.54, 1.807) is 31.2 Å². The van der Waals surface area contributed by atoms with E-state index < -0.39 is 29.6 Å². The molecule has 0 aliphatic heterocycles. The van der Waals surface area contributed by atoms with E-state index in [-0.39, 0.29) is 21.4 Å². The highest BCUT2D eigenvalue weighted by Crippen LogP contribution is 2.26. The lowest BCUT2D eigenvalue weighted by molar-refractivity contribution is -0.140. The molecule has 1 N–H and O–H groups in total. The quantitative estimate of drug-likeness (QED) is 0.730. The van der Waals surface area contributed by atoms with Crippen LogP contribution in [-0.2, 0) is 4.79 Å². The summed E-state index contributed by atoms with van der Waals surface area (Å²) in [7, 11) is 0. The number of aliphatic carboxylic acids is 1. The summed E-state index contributed by atoms with van der Waals surface area (Å²) in [5.74, 6) is -3.87. The number of fused-ring (bicyclic) bond motifs is 1. The van der Waals surface area contributed by atoms with Crippen LogP contribution in [0.4, 0.5) is 8.78 Å². The van der Waals surface area contributed by atoms with Gasteiger partial charge in [-0.1, -0.05) is 36.0 Å². The molecule has 140 valence electrons. The largest absolute Gasteiger partial charge is 0.480 e. The van der Waals surface area contributed by atoms with Crippen LogP contribution in [0.15, 0.2) is 41.4 Å². The lowest BCUT2D eigenvalue weighted by atomic mass is 10.1. The van der Waals surface area contributed by atoms with Gasteiger partial charge in [-0.15, -0.1) is 0 Å². The zero-order valence-electron chi connectivity index (χ0n) is 14.6. The Morgan fingerprint density at radius 2 is 1.85 bits per heavy atom. The molecule has 1 heterocycles. The summed E-state index contributed by atoms with van der Waals surface area (Å²) in [5.41, 5.74) is 1.47. The van der Waals surface area contributed by atoms with Gasteiger partial charge in [0.15, 0.2) is 16.4 Å². The van der Waals surface area contributed by atoms with Crippen molar-refractivity contribution in [2.75, 3.05) is 0 Å². The number of carbonyl (C=O) groups is 2. The van der Waals surface area contributed by atoms with Crippen LogP contribution < -0.4 is 4.80 Å². The Kier molecular flexibility index (Phi) is 5.18. The average molecular weight is 390 g/mol. The smallest absolute Gasteiger partial charge is 0.326 e. The predicted molar refractivity (Wildman–Crippen MR) is 97.8 cm³/mol. The first kappa shape index (κ1) is 18.9. The minimum absolute atomic E-state index is 0.00863. The number of hydrogen-bond acceptors (Lipinski definition) is 3. The average Bonchev–Trinajstić information content (AvgIpc) is 2.98. The topological polar surface area (TPSA) is 71.7 Å². The van der Waals surface area contributed by atoms with Gasteiger partial charge in [0.2, 0.25) is 0 Å². The highest BCUT2D eigenvalue weighted by molar-refractivity contribution is 7.16. The van der Waals surface area contributed by atoms with Crippen LogP contribution in [-0.4, -0.2) is 21.6 Å². The second kappa shape index (κ2) is 7.40. The molecule has 0 spiro atoms. The van der Waals surface area contributed by atoms with Gasteiger partial charge in [0, 0.05) is 5.56 Å². The number of hydrogen-bond donors (Lipinski definition) is 1. The lowest BCUT2D eigenvalue weighted by Crippen LogP contribution is -2.27. The summed E-state index contributed by atoms with van der Waals surface area (Å²) in [4.78, 5) is 28.2. The lowest BCUT2D eigenvalue weighted by Gasteiger charge is -2.13. The van der Waals surface area contributed by atoms with Gasteiger partial charge in [0.25, 0.3) is 5.91 Å². The van der Waals surface area contributed by atoms with Crippen LogP contribution in [0.5, 0.6) is 0 Å². The molecular weight excluding hydrogens is 374 g/mol. The number of carbonyl (C=O) groups excluding carboxylic acids is 1. The number of thiazole rings is 1. The molecule has 1 atom stereocenters. The third kappa shape index (κ3) is 3.52. The van der Waals surface area contributed by atoms with Gasteiger partial charge < -0.3 is 9.67 Å². The fraction of sp³-hybridized carbons (Fsp3) is 0.211. The van der Waals surface area contributed by atoms with Gasteiger partial charge in [-0.25, -0.2) is 13.6 Å². The van der Waals surface area contributed by atoms with Gasteiger partial charge in [-0.2, -0.15) is 4.99 Å². The molecule has 0 saturated carbocycles. The Balaban J connectivity index is 2.27. The molecule has 1 aromatic heterocycles. The van der Waals surface area contributed by atoms with Gasteiger partial charge in [-0.3, -0.25) is 4.79 Å². The van der Waals surface area contributed by atoms with Crippen LogP contribution in [0.2, 0.25) is 0 Å². The van der Waals surface area contributed by atoms with Crippen molar-refractivity contribution in [1.29, 1.82) is 0 Å². The highest BCUT2D eigenvalue weighted by atomic mass is 32.1. The first-order valence-electron chi connectivity index (χ1n) is 8.21. The Morgan fingerprint density at radius 1 is 1.19 bits per heavy atom. The summed E-state index contributed by atoms with van der Waals surface area (Å²) < 4.78 is 29.0. The zero-order chi connectivity index (χ0) is 19.7. The molecule has 1 amide bonds. The predicted octanol–water partition coefficient (Wildman–Crippen LogP) is 4.07. The Bertz CT molecular complexity index is 1100. The number of halogens is 2. The van der Waals surface area contributed by atoms with Crippen molar-refractivity contribution in [2.24, 2.45) is 4.99 Å². The molecule has 3 aromatic rings. The van der Waals surface area contributed by atoms with E-state index in [1.165, 1.54) is 10.6 Å². The maximum atomic E-state index is 14.2. The highest BCUT2D eigenvalue weighted by Gasteiger charge is 2.24. The van der Waals surface area contributed by atoms with E-state index in [4.69, 9.17) is 0 Å². The molecule has 0 aliphatic carbocycles. The van der Waals surface area contributed by atoms with E-state index in [9.17, 15) is 23.5 Å². The van der Waals surface area contributed by atoms with Gasteiger partial charge >= 0.3 is 5.97 Å². The number of nitrogens with zero attached hydrogens (tertiary/aromatic N) is 2. The molecule has 5 nitrogen and oxygen atoms in total. The number of carboxylic acids is 1. The SMILES string of the molecule is CCC(C(=O)O)n1/c(=N/C(=O)c2ccc(C)cc2)sc2c(F)c(F)ccc21. The standard InChI is InChI=1S/C19H16F2N2O3S/c1-3-13(18(25)26)23-14-9-8-12(20)15(21)16(14)27-19(23)22-17(24)11-6-4-10(2)5-7-11/h4-9,13H,3H2,1-2H3,(H,25,26)/b22-19-. The number of benzene rings is 2. The molecule has 0 bridgehead atoms. The van der Waals surface area contributed by atoms with Crippen molar-refractivity contribution in [2.45, 2.75) is 26.3 Å². The molecular formula is C19H16F2N2O3S. The molecule has 8 heteroatoms. The van der Waals surface area contributed by atoms with Crippen molar-refractivity contribution in [3.05, 3.63) is 64.0 Å². The van der Waals surface area contributed by atoms with Crippen LogP contribution in [0.3, 0.4) is 0 Å². The van der Waals surface area contributed by atoms with E-state index in [0.717, 1.165) is 23.0 Å². The fourth-order valence-corrected chi connectivity index (χ4v) is 3.84. The normalized spacial score (nSPS) is 13.1. The molecule has 27 heavy (non-hydrogen) atoms. The van der Waals surface area contributed by atoms with Gasteiger partial charge in [0.05, 0.1) is 10.2 Å². The molecule has 0 fully saturated rings. The van der Waals surface area contributed by atoms with Crippen molar-refractivity contribution >= 4 is 33.4 Å². The summed E-state index contributed by atoms with van der Waals surface area (Å²) in [6.45, 7) is 3.53. The zero-order valence-corrected chi connectivity index (χ0v) is 15.4. The third-order valence-electron chi connectivity index (χ3n) is 4.17. The number of amides is 1. The molecule has 0 aliphatic rings. The summed E-state index contributed by atoms with van der Waals surface area (Å²) in [6, 6.07) is 7.88. The summed E-state index contributed by atoms with van der Waals surface area (Å²) >= 11 is 0.749. The van der Waals surface area contributed by atoms with Crippen molar-refractivity contribution in [1.82, 2.24) is 4.57 Å². The van der Waals surface area contributed by atoms with E-state index in [2.05, 4.69) is 4.99 Å². The molecule has 0 saturated heterocycles. The molecule has 0 radical (unpaired) electrons. The van der Waals surface area contributed by atoms with E-state index >= 15 is 0 Å². The minimum Gasteiger partial charge on any atom is -0.480 e. The van der Waals surface area contributed by atoms with E-state index in [1.807, 2.05) is 6.92 Å². The van der Waals surface area contributed by atoms with E-state index in [0.29, 0.717) is 5.56 Å². The third-order valence-corrected chi connectivity index (χ3v) is 5.23. The van der Waals surface area contributed by atoms with Crippen LogP contribution in [0, 0.1) is 18.6 Å². The second-order valence-corrected chi connectivity index (χ2v) is 6.99. The molecule has 2 aromatic carbocycles. The minimum atomic E-state index is -1.15. The Labute approximate surface area is 157 Å². The molecule has 3 rings (SSSR count). The van der Waals surface area contributed by atoms with Gasteiger partial charge in [-0.05, 0) is 37.6 Å². The van der Waals surface area contributed by atoms with Crippen molar-refractivity contribution in [3.63, 3.8) is 0 Å². The molecule has 1 unspecified atom stereocenters. The second-order valence-electron chi connectivity index (χ2n) is 6.01. The maximum Gasteiger partial charge on any atom is 0.326 e. The summed E-state index contributed by atoms with van der Waals surface area (Å²) in [5, 5.41) is 9.52. The van der Waals surface area contributed by atoms with Gasteiger partial charge in [0.1, 0.15) is 6.04 Å². The number of aryl methyl sites for hydroxylation is 1. The first-order chi connectivity index (χ1) is 12.8. The number of aromatic nitrogens is 1. The fourth-order valence-electron chi connectivity index (χ4n) is 2.75. The van der Waals surface area contributed by atoms with Crippen molar-refractivity contribution < 1.29 is 23.5 Å². The van der Waals surface area contributed by atoms with Crippen LogP contribution in [0.25, 0.3) is 10.2 Å². The number of carboxylic acid groups (broad SMARTS) is 1. The Morgan fingerprint density at radius 3 is 2.44 bits per heavy atom. The summed E-state index contributed by atoms with van der Waals surface area (Å²) in [6.07, 6.45) is 0.187. The first-order valence-corrected chi connectivity index (χ1v) is 9.02.